The van der Waals surface area contributed by atoms with Crippen LogP contribution in [-0.2, 0) is 16.8 Å². The van der Waals surface area contributed by atoms with Gasteiger partial charge in [0, 0.05) is 24.7 Å². The zero-order valence-corrected chi connectivity index (χ0v) is 11.0. The van der Waals surface area contributed by atoms with Crippen LogP contribution >= 0.6 is 11.6 Å². The largest absolute Gasteiger partial charge is 0.279 e. The summed E-state index contributed by atoms with van der Waals surface area (Å²) in [7, 11) is -3.35. The lowest BCUT2D eigenvalue weighted by molar-refractivity contribution is 0.464. The first kappa shape index (κ1) is 12.8. The smallest absolute Gasteiger partial charge is 0.198 e. The van der Waals surface area contributed by atoms with Crippen LogP contribution < -0.4 is 4.72 Å². The van der Waals surface area contributed by atoms with Gasteiger partial charge < -0.3 is 0 Å². The molecule has 1 fully saturated rings. The molecular formula is C11H15ClN2O2S. The molecule has 17 heavy (non-hydrogen) atoms. The van der Waals surface area contributed by atoms with Crippen LogP contribution in [0.25, 0.3) is 0 Å². The highest BCUT2D eigenvalue weighted by molar-refractivity contribution is 7.87. The standard InChI is InChI=1S/C11H15ClN2O2S/c12-11-6-2-1-5-10(11)9-13-17(15,16)14-7-3-4-8-14/h1-2,5-6,13H,3-4,7-9H2. The fraction of sp³-hybridized carbons (Fsp3) is 0.455. The predicted octanol–water partition coefficient (Wildman–Crippen LogP) is 1.77. The van der Waals surface area contributed by atoms with Gasteiger partial charge in [0.2, 0.25) is 0 Å². The van der Waals surface area contributed by atoms with Gasteiger partial charge in [-0.15, -0.1) is 0 Å². The minimum Gasteiger partial charge on any atom is -0.198 e. The molecule has 0 spiro atoms. The maximum Gasteiger partial charge on any atom is 0.279 e. The van der Waals surface area contributed by atoms with Gasteiger partial charge >= 0.3 is 0 Å². The Morgan fingerprint density at radius 2 is 1.88 bits per heavy atom. The third-order valence-electron chi connectivity index (χ3n) is 2.81. The number of hydrogen-bond acceptors (Lipinski definition) is 2. The summed E-state index contributed by atoms with van der Waals surface area (Å²) in [6.45, 7) is 1.45. The molecule has 94 valence electrons. The predicted molar refractivity (Wildman–Crippen MR) is 68.0 cm³/mol. The van der Waals surface area contributed by atoms with Crippen LogP contribution in [0.3, 0.4) is 0 Å². The Bertz CT molecular complexity index is 484. The Labute approximate surface area is 107 Å². The molecule has 1 aliphatic heterocycles. The third kappa shape index (κ3) is 3.19. The topological polar surface area (TPSA) is 49.4 Å². The summed E-state index contributed by atoms with van der Waals surface area (Å²) in [5.41, 5.74) is 0.789. The Hall–Kier alpha value is -0.620. The fourth-order valence-corrected chi connectivity index (χ4v) is 3.29. The average Bonchev–Trinajstić information content (AvgIpc) is 2.82. The van der Waals surface area contributed by atoms with Gasteiger partial charge in [0.15, 0.2) is 0 Å². The van der Waals surface area contributed by atoms with E-state index in [0.29, 0.717) is 18.1 Å². The Kier molecular flexibility index (Phi) is 4.04. The second kappa shape index (κ2) is 5.35. The van der Waals surface area contributed by atoms with E-state index in [2.05, 4.69) is 4.72 Å². The van der Waals surface area contributed by atoms with Crippen molar-refractivity contribution in [3.63, 3.8) is 0 Å². The molecule has 0 unspecified atom stereocenters. The number of rotatable bonds is 4. The van der Waals surface area contributed by atoms with E-state index in [1.807, 2.05) is 18.2 Å². The summed E-state index contributed by atoms with van der Waals surface area (Å²) in [6, 6.07) is 7.22. The molecule has 1 heterocycles. The van der Waals surface area contributed by atoms with E-state index in [1.54, 1.807) is 6.07 Å². The Morgan fingerprint density at radius 1 is 1.24 bits per heavy atom. The van der Waals surface area contributed by atoms with Crippen LogP contribution in [0.5, 0.6) is 0 Å². The molecule has 6 heteroatoms. The average molecular weight is 275 g/mol. The quantitative estimate of drug-likeness (QED) is 0.910. The van der Waals surface area contributed by atoms with Crippen molar-refractivity contribution in [2.75, 3.05) is 13.1 Å². The molecule has 1 aromatic rings. The van der Waals surface area contributed by atoms with E-state index in [0.717, 1.165) is 18.4 Å². The lowest BCUT2D eigenvalue weighted by Crippen LogP contribution is -2.38. The molecule has 1 N–H and O–H groups in total. The van der Waals surface area contributed by atoms with Gasteiger partial charge in [0.25, 0.3) is 10.2 Å². The molecule has 4 nitrogen and oxygen atoms in total. The van der Waals surface area contributed by atoms with Crippen LogP contribution in [0.15, 0.2) is 24.3 Å². The van der Waals surface area contributed by atoms with Crippen molar-refractivity contribution in [1.29, 1.82) is 0 Å². The summed E-state index contributed by atoms with van der Waals surface area (Å²) in [6.07, 6.45) is 1.88. The van der Waals surface area contributed by atoms with Gasteiger partial charge in [-0.1, -0.05) is 29.8 Å². The lowest BCUT2D eigenvalue weighted by atomic mass is 10.2. The third-order valence-corrected chi connectivity index (χ3v) is 4.73. The molecule has 1 aromatic carbocycles. The minimum absolute atomic E-state index is 0.235. The fourth-order valence-electron chi connectivity index (χ4n) is 1.83. The molecule has 2 rings (SSSR count). The van der Waals surface area contributed by atoms with Gasteiger partial charge in [-0.3, -0.25) is 0 Å². The van der Waals surface area contributed by atoms with Crippen molar-refractivity contribution in [1.82, 2.24) is 9.03 Å². The number of nitrogens with zero attached hydrogens (tertiary/aromatic N) is 1. The normalized spacial score (nSPS) is 17.5. The van der Waals surface area contributed by atoms with Crippen molar-refractivity contribution in [2.45, 2.75) is 19.4 Å². The molecule has 0 radical (unpaired) electrons. The first-order chi connectivity index (χ1) is 8.09. The SMILES string of the molecule is O=S(=O)(NCc1ccccc1Cl)N1CCCC1. The molecule has 1 saturated heterocycles. The Morgan fingerprint density at radius 3 is 2.53 bits per heavy atom. The molecule has 0 amide bonds. The van der Waals surface area contributed by atoms with Crippen LogP contribution in [0.4, 0.5) is 0 Å². The first-order valence-electron chi connectivity index (χ1n) is 5.58. The van der Waals surface area contributed by atoms with Gasteiger partial charge in [0.1, 0.15) is 0 Å². The number of nitrogens with one attached hydrogen (secondary N) is 1. The highest BCUT2D eigenvalue weighted by Crippen LogP contribution is 2.16. The van der Waals surface area contributed by atoms with Crippen molar-refractivity contribution in [3.8, 4) is 0 Å². The molecule has 0 aromatic heterocycles. The highest BCUT2D eigenvalue weighted by Gasteiger charge is 2.24. The lowest BCUT2D eigenvalue weighted by Gasteiger charge is -2.16. The summed E-state index contributed by atoms with van der Waals surface area (Å²) in [5, 5.41) is 0.580. The van der Waals surface area contributed by atoms with Gasteiger partial charge in [-0.05, 0) is 24.5 Å². The van der Waals surface area contributed by atoms with Crippen LogP contribution in [0, 0.1) is 0 Å². The number of hydrogen-bond donors (Lipinski definition) is 1. The van der Waals surface area contributed by atoms with E-state index >= 15 is 0 Å². The summed E-state index contributed by atoms with van der Waals surface area (Å²) in [5.74, 6) is 0. The van der Waals surface area contributed by atoms with E-state index < -0.39 is 10.2 Å². The summed E-state index contributed by atoms with van der Waals surface area (Å²) in [4.78, 5) is 0. The van der Waals surface area contributed by atoms with Gasteiger partial charge in [-0.2, -0.15) is 17.4 Å². The molecule has 1 aliphatic rings. The molecule has 0 saturated carbocycles. The zero-order chi connectivity index (χ0) is 12.3. The second-order valence-corrected chi connectivity index (χ2v) is 6.19. The van der Waals surface area contributed by atoms with E-state index in [4.69, 9.17) is 11.6 Å². The van der Waals surface area contributed by atoms with Crippen LogP contribution in [0.1, 0.15) is 18.4 Å². The molecule has 0 bridgehead atoms. The van der Waals surface area contributed by atoms with E-state index in [9.17, 15) is 8.42 Å². The first-order valence-corrected chi connectivity index (χ1v) is 7.39. The van der Waals surface area contributed by atoms with Crippen LogP contribution in [-0.4, -0.2) is 25.8 Å². The van der Waals surface area contributed by atoms with E-state index in [-0.39, 0.29) is 6.54 Å². The molecular weight excluding hydrogens is 260 g/mol. The maximum atomic E-state index is 11.9. The van der Waals surface area contributed by atoms with Crippen molar-refractivity contribution in [2.24, 2.45) is 0 Å². The molecule has 0 aliphatic carbocycles. The number of halogens is 1. The van der Waals surface area contributed by atoms with Gasteiger partial charge in [-0.25, -0.2) is 0 Å². The van der Waals surface area contributed by atoms with Crippen molar-refractivity contribution >= 4 is 21.8 Å². The van der Waals surface area contributed by atoms with Crippen molar-refractivity contribution < 1.29 is 8.42 Å². The summed E-state index contributed by atoms with van der Waals surface area (Å²) >= 11 is 5.96. The second-order valence-electron chi connectivity index (χ2n) is 4.02. The highest BCUT2D eigenvalue weighted by atomic mass is 35.5. The summed E-state index contributed by atoms with van der Waals surface area (Å²) < 4.78 is 27.8. The van der Waals surface area contributed by atoms with Crippen molar-refractivity contribution in [3.05, 3.63) is 34.9 Å². The van der Waals surface area contributed by atoms with Gasteiger partial charge in [0.05, 0.1) is 0 Å². The van der Waals surface area contributed by atoms with Crippen LogP contribution in [0.2, 0.25) is 5.02 Å². The maximum absolute atomic E-state index is 11.9. The number of benzene rings is 1. The molecule has 0 atom stereocenters. The monoisotopic (exact) mass is 274 g/mol. The zero-order valence-electron chi connectivity index (χ0n) is 9.39. The minimum atomic E-state index is -3.35. The Balaban J connectivity index is 2.00. The van der Waals surface area contributed by atoms with E-state index in [1.165, 1.54) is 4.31 Å².